The van der Waals surface area contributed by atoms with E-state index < -0.39 is 5.41 Å². The molecule has 0 radical (unpaired) electrons. The van der Waals surface area contributed by atoms with Crippen molar-refractivity contribution >= 4 is 41.8 Å². The third kappa shape index (κ3) is 6.59. The fraction of sp³-hybridized carbons (Fsp3) is 0.625. The number of nitrogens with one attached hydrogen (secondary N) is 2. The molecule has 0 aromatic heterocycles. The molecule has 0 saturated heterocycles. The Kier molecular flexibility index (Phi) is 9.79. The normalized spacial score (nSPS) is 19.4. The minimum absolute atomic E-state index is 0. The quantitative estimate of drug-likeness (QED) is 0.321. The summed E-state index contributed by atoms with van der Waals surface area (Å²) in [6, 6.07) is 8.81. The highest BCUT2D eigenvalue weighted by Gasteiger charge is 2.42. The lowest BCUT2D eigenvalue weighted by molar-refractivity contribution is -0.138. The van der Waals surface area contributed by atoms with Crippen molar-refractivity contribution in [1.82, 2.24) is 20.4 Å². The van der Waals surface area contributed by atoms with Crippen molar-refractivity contribution in [2.45, 2.75) is 51.0 Å². The Bertz CT molecular complexity index is 818. The smallest absolute Gasteiger partial charge is 0.243 e. The lowest BCUT2D eigenvalue weighted by Crippen LogP contribution is -2.52. The molecular formula is C24H38IN5O2. The van der Waals surface area contributed by atoms with Crippen LogP contribution in [0, 0.1) is 5.41 Å². The largest absolute Gasteiger partial charge is 0.355 e. The number of rotatable bonds is 6. The van der Waals surface area contributed by atoms with Crippen LogP contribution in [0.4, 0.5) is 0 Å². The number of likely N-dealkylation sites (N-methyl/N-ethyl adjacent to an activating group) is 1. The van der Waals surface area contributed by atoms with Crippen molar-refractivity contribution in [3.05, 3.63) is 35.4 Å². The topological polar surface area (TPSA) is 77.0 Å². The maximum absolute atomic E-state index is 12.9. The molecule has 0 spiro atoms. The number of carbonyl (C=O) groups is 2. The van der Waals surface area contributed by atoms with Gasteiger partial charge in [0.1, 0.15) is 6.54 Å². The van der Waals surface area contributed by atoms with Gasteiger partial charge in [0.05, 0.1) is 5.41 Å². The number of carbonyl (C=O) groups excluding carboxylic acids is 2. The molecule has 8 heteroatoms. The van der Waals surface area contributed by atoms with Crippen LogP contribution in [0.15, 0.2) is 29.3 Å². The van der Waals surface area contributed by atoms with Crippen LogP contribution in [0.5, 0.6) is 0 Å². The Balaban J connectivity index is 0.00000363. The summed E-state index contributed by atoms with van der Waals surface area (Å²) in [6.45, 7) is 0.621. The molecule has 2 amide bonds. The van der Waals surface area contributed by atoms with Crippen LogP contribution >= 0.6 is 24.0 Å². The van der Waals surface area contributed by atoms with E-state index in [2.05, 4.69) is 39.9 Å². The molecule has 2 aliphatic rings. The predicted molar refractivity (Wildman–Crippen MR) is 139 cm³/mol. The third-order valence-electron chi connectivity index (χ3n) is 6.57. The second kappa shape index (κ2) is 11.9. The number of benzene rings is 1. The van der Waals surface area contributed by atoms with Crippen molar-refractivity contribution in [2.75, 3.05) is 41.3 Å². The SMILES string of the molecule is CN(C)C(=O)CN=C(NCC1(C(=O)N(C)C)CCCC1)NC1CCc2ccccc2C1.I. The summed E-state index contributed by atoms with van der Waals surface area (Å²) in [7, 11) is 7.12. The molecule has 1 atom stereocenters. The Morgan fingerprint density at radius 2 is 1.72 bits per heavy atom. The molecule has 7 nitrogen and oxygen atoms in total. The lowest BCUT2D eigenvalue weighted by atomic mass is 9.84. The van der Waals surface area contributed by atoms with Gasteiger partial charge in [-0.2, -0.15) is 0 Å². The van der Waals surface area contributed by atoms with Crippen molar-refractivity contribution in [2.24, 2.45) is 10.4 Å². The second-order valence-electron chi connectivity index (χ2n) is 9.35. The van der Waals surface area contributed by atoms with E-state index in [1.54, 1.807) is 23.9 Å². The fourth-order valence-corrected chi connectivity index (χ4v) is 4.70. The Morgan fingerprint density at radius 3 is 2.34 bits per heavy atom. The second-order valence-corrected chi connectivity index (χ2v) is 9.35. The van der Waals surface area contributed by atoms with Gasteiger partial charge < -0.3 is 20.4 Å². The highest BCUT2D eigenvalue weighted by molar-refractivity contribution is 14.0. The molecule has 3 rings (SSSR count). The standard InChI is InChI=1S/C24H37N5O2.HI/c1-28(2)21(30)16-25-23(26-17-24(13-7-8-14-24)22(31)29(3)4)27-20-12-11-18-9-5-6-10-19(18)15-20;/h5-6,9-10,20H,7-8,11-17H2,1-4H3,(H2,25,26,27);1H. The van der Waals surface area contributed by atoms with Crippen LogP contribution in [-0.2, 0) is 22.4 Å². The summed E-state index contributed by atoms with van der Waals surface area (Å²) in [4.78, 5) is 32.9. The van der Waals surface area contributed by atoms with Gasteiger partial charge in [0, 0.05) is 40.8 Å². The molecule has 1 unspecified atom stereocenters. The minimum Gasteiger partial charge on any atom is -0.355 e. The highest BCUT2D eigenvalue weighted by atomic mass is 127. The van der Waals surface area contributed by atoms with E-state index in [1.165, 1.54) is 11.1 Å². The van der Waals surface area contributed by atoms with Crippen LogP contribution < -0.4 is 10.6 Å². The molecule has 178 valence electrons. The van der Waals surface area contributed by atoms with E-state index in [0.717, 1.165) is 44.9 Å². The van der Waals surface area contributed by atoms with Crippen molar-refractivity contribution in [1.29, 1.82) is 0 Å². The zero-order chi connectivity index (χ0) is 22.4. The number of aliphatic imine (C=N–C) groups is 1. The van der Waals surface area contributed by atoms with Gasteiger partial charge in [0.25, 0.3) is 0 Å². The van der Waals surface area contributed by atoms with Gasteiger partial charge in [-0.1, -0.05) is 37.1 Å². The minimum atomic E-state index is -0.392. The van der Waals surface area contributed by atoms with Gasteiger partial charge in [0.15, 0.2) is 5.96 Å². The zero-order valence-corrected chi connectivity index (χ0v) is 22.1. The van der Waals surface area contributed by atoms with Crippen molar-refractivity contribution in [3.63, 3.8) is 0 Å². The first-order valence-electron chi connectivity index (χ1n) is 11.3. The summed E-state index contributed by atoms with van der Waals surface area (Å²) in [5, 5.41) is 6.97. The van der Waals surface area contributed by atoms with Crippen LogP contribution in [0.25, 0.3) is 0 Å². The van der Waals surface area contributed by atoms with Crippen LogP contribution in [0.1, 0.15) is 43.2 Å². The molecule has 1 fully saturated rings. The van der Waals surface area contributed by atoms with E-state index in [9.17, 15) is 9.59 Å². The van der Waals surface area contributed by atoms with E-state index >= 15 is 0 Å². The predicted octanol–water partition coefficient (Wildman–Crippen LogP) is 2.43. The monoisotopic (exact) mass is 555 g/mol. The number of amides is 2. The van der Waals surface area contributed by atoms with Gasteiger partial charge in [-0.25, -0.2) is 4.99 Å². The number of halogens is 1. The van der Waals surface area contributed by atoms with Crippen LogP contribution in [0.3, 0.4) is 0 Å². The van der Waals surface area contributed by atoms with E-state index in [0.29, 0.717) is 12.5 Å². The van der Waals surface area contributed by atoms with E-state index in [-0.39, 0.29) is 48.4 Å². The summed E-state index contributed by atoms with van der Waals surface area (Å²) in [6.07, 6.45) is 6.89. The first kappa shape index (κ1) is 26.4. The molecule has 0 heterocycles. The Labute approximate surface area is 209 Å². The number of aryl methyl sites for hydroxylation is 1. The average Bonchev–Trinajstić information content (AvgIpc) is 3.24. The zero-order valence-electron chi connectivity index (χ0n) is 19.8. The molecule has 0 aliphatic heterocycles. The molecule has 1 aromatic carbocycles. The number of fused-ring (bicyclic) bond motifs is 1. The van der Waals surface area contributed by atoms with Crippen LogP contribution in [0.2, 0.25) is 0 Å². The summed E-state index contributed by atoms with van der Waals surface area (Å²) in [5.41, 5.74) is 2.39. The molecule has 1 aromatic rings. The van der Waals surface area contributed by atoms with Gasteiger partial charge in [0.2, 0.25) is 11.8 Å². The molecule has 0 bridgehead atoms. The van der Waals surface area contributed by atoms with E-state index in [1.807, 2.05) is 14.1 Å². The van der Waals surface area contributed by atoms with Gasteiger partial charge >= 0.3 is 0 Å². The Morgan fingerprint density at radius 1 is 1.06 bits per heavy atom. The Hall–Kier alpha value is -1.84. The van der Waals surface area contributed by atoms with Gasteiger partial charge in [-0.15, -0.1) is 24.0 Å². The molecular weight excluding hydrogens is 517 g/mol. The number of hydrogen-bond donors (Lipinski definition) is 2. The number of guanidine groups is 1. The maximum atomic E-state index is 12.9. The van der Waals surface area contributed by atoms with Gasteiger partial charge in [-0.3, -0.25) is 9.59 Å². The summed E-state index contributed by atoms with van der Waals surface area (Å²) < 4.78 is 0. The first-order chi connectivity index (χ1) is 14.8. The highest BCUT2D eigenvalue weighted by Crippen LogP contribution is 2.38. The third-order valence-corrected chi connectivity index (χ3v) is 6.57. The molecule has 1 saturated carbocycles. The maximum Gasteiger partial charge on any atom is 0.243 e. The van der Waals surface area contributed by atoms with Gasteiger partial charge in [-0.05, 0) is 43.2 Å². The van der Waals surface area contributed by atoms with Crippen molar-refractivity contribution in [3.8, 4) is 0 Å². The van der Waals surface area contributed by atoms with Crippen molar-refractivity contribution < 1.29 is 9.59 Å². The number of hydrogen-bond acceptors (Lipinski definition) is 3. The van der Waals surface area contributed by atoms with Crippen LogP contribution in [-0.4, -0.2) is 74.9 Å². The van der Waals surface area contributed by atoms with E-state index in [4.69, 9.17) is 0 Å². The number of nitrogens with zero attached hydrogens (tertiary/aromatic N) is 3. The summed E-state index contributed by atoms with van der Waals surface area (Å²) >= 11 is 0. The average molecular weight is 556 g/mol. The lowest BCUT2D eigenvalue weighted by Gasteiger charge is -2.32. The summed E-state index contributed by atoms with van der Waals surface area (Å²) in [5.74, 6) is 0.750. The molecule has 2 aliphatic carbocycles. The molecule has 32 heavy (non-hydrogen) atoms. The fourth-order valence-electron chi connectivity index (χ4n) is 4.70. The molecule has 2 N–H and O–H groups in total. The first-order valence-corrected chi connectivity index (χ1v) is 11.3.